The highest BCUT2D eigenvalue weighted by Gasteiger charge is 2.44. The van der Waals surface area contributed by atoms with Gasteiger partial charge in [-0.25, -0.2) is 0 Å². The third kappa shape index (κ3) is 2.35. The summed E-state index contributed by atoms with van der Waals surface area (Å²) in [6.45, 7) is 1.41. The second kappa shape index (κ2) is 4.91. The minimum absolute atomic E-state index is 0.0537. The number of primary amides is 1. The molecule has 21 heavy (non-hydrogen) atoms. The molecule has 3 N–H and O–H groups in total. The van der Waals surface area contributed by atoms with Gasteiger partial charge in [-0.3, -0.25) is 9.59 Å². The zero-order chi connectivity index (χ0) is 15.2. The van der Waals surface area contributed by atoms with Crippen LogP contribution < -0.4 is 5.73 Å². The van der Waals surface area contributed by atoms with E-state index in [1.165, 1.54) is 18.6 Å². The van der Waals surface area contributed by atoms with Crippen LogP contribution in [0.3, 0.4) is 0 Å². The summed E-state index contributed by atoms with van der Waals surface area (Å²) in [6, 6.07) is 2.52. The molecular formula is C15H17ClN2O3. The summed E-state index contributed by atoms with van der Waals surface area (Å²) in [5, 5.41) is 10.1. The van der Waals surface area contributed by atoms with Crippen molar-refractivity contribution < 1.29 is 14.7 Å². The Morgan fingerprint density at radius 3 is 2.48 bits per heavy atom. The number of nitrogens with zero attached hydrogens (tertiary/aromatic N) is 1. The lowest BCUT2D eigenvalue weighted by atomic mass is 9.68. The van der Waals surface area contributed by atoms with Crippen molar-refractivity contribution >= 4 is 23.4 Å². The number of benzene rings is 1. The second-order valence-corrected chi connectivity index (χ2v) is 6.45. The van der Waals surface area contributed by atoms with Crippen LogP contribution >= 0.6 is 11.6 Å². The van der Waals surface area contributed by atoms with Crippen LogP contribution in [-0.2, 0) is 0 Å². The van der Waals surface area contributed by atoms with E-state index in [4.69, 9.17) is 17.3 Å². The lowest BCUT2D eigenvalue weighted by Gasteiger charge is -2.38. The van der Waals surface area contributed by atoms with E-state index in [2.05, 4.69) is 0 Å². The molecule has 0 aromatic heterocycles. The fraction of sp³-hybridized carbons (Fsp3) is 0.467. The van der Waals surface area contributed by atoms with Gasteiger partial charge in [0.05, 0.1) is 10.6 Å². The number of carbonyl (C=O) groups excluding carboxylic acids is 2. The molecule has 2 fully saturated rings. The molecule has 6 heteroatoms. The van der Waals surface area contributed by atoms with Crippen molar-refractivity contribution in [3.05, 3.63) is 28.3 Å². The van der Waals surface area contributed by atoms with E-state index in [-0.39, 0.29) is 33.2 Å². The Hall–Kier alpha value is -1.75. The maximum absolute atomic E-state index is 12.6. The lowest BCUT2D eigenvalue weighted by molar-refractivity contribution is 0.0729. The highest BCUT2D eigenvalue weighted by molar-refractivity contribution is 6.34. The van der Waals surface area contributed by atoms with Crippen LogP contribution in [0.1, 0.15) is 46.4 Å². The first-order valence-electron chi connectivity index (χ1n) is 7.03. The Bertz CT molecular complexity index is 602. The van der Waals surface area contributed by atoms with Crippen LogP contribution in [0.2, 0.25) is 5.02 Å². The number of aromatic hydroxyl groups is 1. The molecular weight excluding hydrogens is 292 g/mol. The minimum Gasteiger partial charge on any atom is -0.507 e. The van der Waals surface area contributed by atoms with E-state index < -0.39 is 5.91 Å². The molecule has 0 bridgehead atoms. The number of hydrogen-bond acceptors (Lipinski definition) is 3. The van der Waals surface area contributed by atoms with E-state index >= 15 is 0 Å². The zero-order valence-electron chi connectivity index (χ0n) is 11.6. The van der Waals surface area contributed by atoms with Crippen molar-refractivity contribution in [2.75, 3.05) is 13.1 Å². The van der Waals surface area contributed by atoms with Crippen LogP contribution in [0.5, 0.6) is 5.75 Å². The quantitative estimate of drug-likeness (QED) is 0.878. The van der Waals surface area contributed by atoms with Gasteiger partial charge < -0.3 is 15.7 Å². The van der Waals surface area contributed by atoms with Gasteiger partial charge in [-0.1, -0.05) is 18.0 Å². The lowest BCUT2D eigenvalue weighted by Crippen LogP contribution is -2.36. The number of hydrogen-bond donors (Lipinski definition) is 2. The predicted molar refractivity (Wildman–Crippen MR) is 78.4 cm³/mol. The van der Waals surface area contributed by atoms with Gasteiger partial charge in [0.1, 0.15) is 5.75 Å². The van der Waals surface area contributed by atoms with Gasteiger partial charge in [0.15, 0.2) is 0 Å². The van der Waals surface area contributed by atoms with Gasteiger partial charge >= 0.3 is 0 Å². The minimum atomic E-state index is -0.694. The average molecular weight is 309 g/mol. The summed E-state index contributed by atoms with van der Waals surface area (Å²) in [5.41, 5.74) is 5.58. The highest BCUT2D eigenvalue weighted by Crippen LogP contribution is 2.48. The van der Waals surface area contributed by atoms with Gasteiger partial charge in [0, 0.05) is 18.7 Å². The molecule has 1 aliphatic carbocycles. The third-order valence-electron chi connectivity index (χ3n) is 4.71. The molecule has 0 atom stereocenters. The van der Waals surface area contributed by atoms with Gasteiger partial charge in [-0.15, -0.1) is 0 Å². The molecule has 0 unspecified atom stereocenters. The Morgan fingerprint density at radius 1 is 1.29 bits per heavy atom. The van der Waals surface area contributed by atoms with Crippen LogP contribution in [0.15, 0.2) is 12.1 Å². The third-order valence-corrected chi connectivity index (χ3v) is 5.01. The number of phenolic OH excluding ortho intramolecular Hbond substituents is 1. The molecule has 112 valence electrons. The molecule has 1 saturated carbocycles. The molecule has 0 radical (unpaired) electrons. The molecule has 1 aliphatic heterocycles. The number of likely N-dealkylation sites (tertiary alicyclic amines) is 1. The molecule has 2 aliphatic rings. The molecule has 5 nitrogen and oxygen atoms in total. The monoisotopic (exact) mass is 308 g/mol. The maximum atomic E-state index is 12.6. The Labute approximate surface area is 127 Å². The summed E-state index contributed by atoms with van der Waals surface area (Å²) in [5.74, 6) is -1.27. The summed E-state index contributed by atoms with van der Waals surface area (Å²) in [4.78, 5) is 25.4. The first-order valence-corrected chi connectivity index (χ1v) is 7.41. The summed E-state index contributed by atoms with van der Waals surface area (Å²) in [7, 11) is 0. The molecule has 1 heterocycles. The van der Waals surface area contributed by atoms with E-state index in [1.807, 2.05) is 0 Å². The van der Waals surface area contributed by atoms with E-state index in [1.54, 1.807) is 4.90 Å². The number of rotatable bonds is 2. The van der Waals surface area contributed by atoms with Crippen LogP contribution in [-0.4, -0.2) is 34.9 Å². The first-order chi connectivity index (χ1) is 9.92. The molecule has 1 spiro atoms. The normalized spacial score (nSPS) is 19.6. The van der Waals surface area contributed by atoms with Crippen LogP contribution in [0.25, 0.3) is 0 Å². The largest absolute Gasteiger partial charge is 0.507 e. The van der Waals surface area contributed by atoms with Gasteiger partial charge in [-0.05, 0) is 36.8 Å². The second-order valence-electron chi connectivity index (χ2n) is 6.05. The fourth-order valence-corrected chi connectivity index (χ4v) is 3.59. The molecule has 2 amide bonds. The number of halogens is 1. The average Bonchev–Trinajstić information content (AvgIpc) is 2.82. The Morgan fingerprint density at radius 2 is 2.00 bits per heavy atom. The molecule has 1 aromatic carbocycles. The van der Waals surface area contributed by atoms with E-state index in [0.717, 1.165) is 25.8 Å². The molecule has 1 aromatic rings. The fourth-order valence-electron chi connectivity index (χ4n) is 3.30. The van der Waals surface area contributed by atoms with Gasteiger partial charge in [-0.2, -0.15) is 0 Å². The topological polar surface area (TPSA) is 83.6 Å². The SMILES string of the molecule is NC(=O)c1cc(O)c(C(=O)N2CCC3(CCC3)C2)c(Cl)c1. The van der Waals surface area contributed by atoms with Crippen molar-refractivity contribution in [3.8, 4) is 5.75 Å². The van der Waals surface area contributed by atoms with Crippen molar-refractivity contribution in [2.45, 2.75) is 25.7 Å². The van der Waals surface area contributed by atoms with Crippen molar-refractivity contribution in [3.63, 3.8) is 0 Å². The number of carbonyl (C=O) groups is 2. The Balaban J connectivity index is 1.86. The predicted octanol–water partition coefficient (Wildman–Crippen LogP) is 2.16. The van der Waals surface area contributed by atoms with E-state index in [9.17, 15) is 14.7 Å². The van der Waals surface area contributed by atoms with Gasteiger partial charge in [0.25, 0.3) is 5.91 Å². The van der Waals surface area contributed by atoms with Crippen molar-refractivity contribution in [2.24, 2.45) is 11.1 Å². The van der Waals surface area contributed by atoms with E-state index in [0.29, 0.717) is 6.54 Å². The number of nitrogens with two attached hydrogens (primary N) is 1. The molecule has 1 saturated heterocycles. The van der Waals surface area contributed by atoms with Gasteiger partial charge in [0.2, 0.25) is 5.91 Å². The summed E-state index contributed by atoms with van der Waals surface area (Å²) in [6.07, 6.45) is 4.56. The van der Waals surface area contributed by atoms with Crippen LogP contribution in [0.4, 0.5) is 0 Å². The first kappa shape index (κ1) is 14.2. The highest BCUT2D eigenvalue weighted by atomic mass is 35.5. The number of phenols is 1. The zero-order valence-corrected chi connectivity index (χ0v) is 12.3. The smallest absolute Gasteiger partial charge is 0.259 e. The standard InChI is InChI=1S/C15H17ClN2O3/c16-10-6-9(13(17)20)7-11(19)12(10)14(21)18-5-4-15(8-18)2-1-3-15/h6-7,19H,1-5,8H2,(H2,17,20). The number of amides is 2. The van der Waals surface area contributed by atoms with Crippen molar-refractivity contribution in [1.29, 1.82) is 0 Å². The van der Waals surface area contributed by atoms with Crippen LogP contribution in [0, 0.1) is 5.41 Å². The maximum Gasteiger partial charge on any atom is 0.259 e. The Kier molecular flexibility index (Phi) is 3.32. The van der Waals surface area contributed by atoms with Crippen molar-refractivity contribution in [1.82, 2.24) is 4.90 Å². The summed E-state index contributed by atoms with van der Waals surface area (Å²) < 4.78 is 0. The molecule has 3 rings (SSSR count). The summed E-state index contributed by atoms with van der Waals surface area (Å²) >= 11 is 6.06.